The first kappa shape index (κ1) is 25.0. The van der Waals surface area contributed by atoms with E-state index in [2.05, 4.69) is 43.4 Å². The fourth-order valence-corrected chi connectivity index (χ4v) is 4.63. The van der Waals surface area contributed by atoms with Gasteiger partial charge in [0, 0.05) is 18.8 Å². The first-order valence-corrected chi connectivity index (χ1v) is 12.3. The lowest BCUT2D eigenvalue weighted by Gasteiger charge is -2.30. The predicted molar refractivity (Wildman–Crippen MR) is 131 cm³/mol. The second-order valence-electron chi connectivity index (χ2n) is 8.21. The van der Waals surface area contributed by atoms with Crippen LogP contribution in [0, 0.1) is 20.8 Å². The molecule has 0 aliphatic carbocycles. The number of benzene rings is 2. The van der Waals surface area contributed by atoms with Crippen molar-refractivity contribution in [2.45, 2.75) is 65.8 Å². The van der Waals surface area contributed by atoms with E-state index in [1.54, 1.807) is 16.7 Å². The van der Waals surface area contributed by atoms with Gasteiger partial charge in [-0.25, -0.2) is 0 Å². The van der Waals surface area contributed by atoms with Gasteiger partial charge in [0.1, 0.15) is 6.04 Å². The summed E-state index contributed by atoms with van der Waals surface area (Å²) in [5, 5.41) is 2.97. The standard InChI is InChI=1S/C26H36N2O2S/c1-6-11-27-26(30)24(7-2)28(16-22-10-8-9-19(3)13-22)25(29)18-31-17-23-14-20(4)12-21(5)15-23/h8-10,12-15,24H,6-7,11,16-18H2,1-5H3,(H,27,30)/t24-/m0/s1. The number of hydrogen-bond acceptors (Lipinski definition) is 3. The number of amides is 2. The van der Waals surface area contributed by atoms with Gasteiger partial charge in [0.05, 0.1) is 5.75 Å². The SMILES string of the molecule is CCCNC(=O)[C@H](CC)N(Cc1cccc(C)c1)C(=O)CSCc1cc(C)cc(C)c1. The second kappa shape index (κ2) is 12.6. The Morgan fingerprint density at radius 2 is 1.65 bits per heavy atom. The molecule has 4 nitrogen and oxygen atoms in total. The summed E-state index contributed by atoms with van der Waals surface area (Å²) in [6, 6.07) is 14.2. The van der Waals surface area contributed by atoms with Crippen molar-refractivity contribution >= 4 is 23.6 Å². The fraction of sp³-hybridized carbons (Fsp3) is 0.462. The van der Waals surface area contributed by atoms with Gasteiger partial charge in [-0.15, -0.1) is 11.8 Å². The number of nitrogens with zero attached hydrogens (tertiary/aromatic N) is 1. The summed E-state index contributed by atoms with van der Waals surface area (Å²) < 4.78 is 0. The van der Waals surface area contributed by atoms with Crippen LogP contribution in [0.2, 0.25) is 0 Å². The smallest absolute Gasteiger partial charge is 0.242 e. The molecule has 1 atom stereocenters. The van der Waals surface area contributed by atoms with E-state index in [0.29, 0.717) is 25.3 Å². The van der Waals surface area contributed by atoms with Crippen LogP contribution in [0.5, 0.6) is 0 Å². The van der Waals surface area contributed by atoms with Crippen LogP contribution in [0.4, 0.5) is 0 Å². The van der Waals surface area contributed by atoms with Gasteiger partial charge in [-0.3, -0.25) is 9.59 Å². The molecule has 0 fully saturated rings. The molecule has 0 aliphatic heterocycles. The first-order valence-electron chi connectivity index (χ1n) is 11.1. The van der Waals surface area contributed by atoms with Crippen LogP contribution in [-0.4, -0.2) is 35.1 Å². The molecular formula is C26H36N2O2S. The van der Waals surface area contributed by atoms with Gasteiger partial charge >= 0.3 is 0 Å². The van der Waals surface area contributed by atoms with E-state index in [1.807, 2.05) is 39.0 Å². The normalized spacial score (nSPS) is 11.8. The van der Waals surface area contributed by atoms with Gasteiger partial charge in [-0.1, -0.05) is 73.0 Å². The molecule has 0 radical (unpaired) electrons. The molecule has 2 rings (SSSR count). The van der Waals surface area contributed by atoms with Crippen molar-refractivity contribution in [2.75, 3.05) is 12.3 Å². The number of hydrogen-bond donors (Lipinski definition) is 1. The highest BCUT2D eigenvalue weighted by molar-refractivity contribution is 7.99. The summed E-state index contributed by atoms with van der Waals surface area (Å²) in [5.41, 5.74) is 5.91. The Morgan fingerprint density at radius 3 is 2.26 bits per heavy atom. The molecule has 0 heterocycles. The minimum Gasteiger partial charge on any atom is -0.354 e. The van der Waals surface area contributed by atoms with E-state index in [9.17, 15) is 9.59 Å². The summed E-state index contributed by atoms with van der Waals surface area (Å²) in [4.78, 5) is 27.8. The molecule has 2 amide bonds. The number of thioether (sulfide) groups is 1. The molecule has 0 aromatic heterocycles. The molecule has 0 unspecified atom stereocenters. The number of carbonyl (C=O) groups excluding carboxylic acids is 2. The van der Waals surface area contributed by atoms with Crippen LogP contribution in [0.25, 0.3) is 0 Å². The van der Waals surface area contributed by atoms with E-state index in [4.69, 9.17) is 0 Å². The maximum Gasteiger partial charge on any atom is 0.242 e. The average Bonchev–Trinajstić information content (AvgIpc) is 2.71. The predicted octanol–water partition coefficient (Wildman–Crippen LogP) is 5.18. The largest absolute Gasteiger partial charge is 0.354 e. The van der Waals surface area contributed by atoms with E-state index in [0.717, 1.165) is 23.3 Å². The molecular weight excluding hydrogens is 404 g/mol. The van der Waals surface area contributed by atoms with Gasteiger partial charge < -0.3 is 10.2 Å². The highest BCUT2D eigenvalue weighted by Gasteiger charge is 2.28. The van der Waals surface area contributed by atoms with E-state index >= 15 is 0 Å². The minimum absolute atomic E-state index is 0.00868. The average molecular weight is 441 g/mol. The van der Waals surface area contributed by atoms with E-state index in [1.165, 1.54) is 16.7 Å². The van der Waals surface area contributed by atoms with Gasteiger partial charge in [-0.05, 0) is 44.7 Å². The van der Waals surface area contributed by atoms with Gasteiger partial charge in [-0.2, -0.15) is 0 Å². The molecule has 1 N–H and O–H groups in total. The second-order valence-corrected chi connectivity index (χ2v) is 9.20. The highest BCUT2D eigenvalue weighted by atomic mass is 32.2. The maximum atomic E-state index is 13.3. The van der Waals surface area contributed by atoms with Crippen LogP contribution >= 0.6 is 11.8 Å². The molecule has 0 bridgehead atoms. The van der Waals surface area contributed by atoms with Crippen molar-refractivity contribution in [3.8, 4) is 0 Å². The summed E-state index contributed by atoms with van der Waals surface area (Å²) in [7, 11) is 0. The lowest BCUT2D eigenvalue weighted by Crippen LogP contribution is -2.49. The zero-order valence-electron chi connectivity index (χ0n) is 19.5. The van der Waals surface area contributed by atoms with Crippen LogP contribution in [0.15, 0.2) is 42.5 Å². The Labute approximate surface area is 191 Å². The minimum atomic E-state index is -0.457. The number of nitrogens with one attached hydrogen (secondary N) is 1. The third-order valence-corrected chi connectivity index (χ3v) is 6.13. The van der Waals surface area contributed by atoms with Crippen molar-refractivity contribution in [1.29, 1.82) is 0 Å². The summed E-state index contributed by atoms with van der Waals surface area (Å²) in [6.07, 6.45) is 1.47. The van der Waals surface area contributed by atoms with Crippen LogP contribution in [0.1, 0.15) is 54.5 Å². The topological polar surface area (TPSA) is 49.4 Å². The van der Waals surface area contributed by atoms with Crippen LogP contribution < -0.4 is 5.32 Å². The third-order valence-electron chi connectivity index (χ3n) is 5.15. The Hall–Kier alpha value is -2.27. The maximum absolute atomic E-state index is 13.3. The molecule has 31 heavy (non-hydrogen) atoms. The Kier molecular flexibility index (Phi) is 10.1. The third kappa shape index (κ3) is 8.06. The van der Waals surface area contributed by atoms with Crippen molar-refractivity contribution < 1.29 is 9.59 Å². The Balaban J connectivity index is 2.13. The number of carbonyl (C=O) groups is 2. The quantitative estimate of drug-likeness (QED) is 0.524. The molecule has 168 valence electrons. The number of aryl methyl sites for hydroxylation is 3. The molecule has 5 heteroatoms. The molecule has 0 spiro atoms. The number of rotatable bonds is 11. The van der Waals surface area contributed by atoms with E-state index < -0.39 is 6.04 Å². The van der Waals surface area contributed by atoms with Crippen molar-refractivity contribution in [3.63, 3.8) is 0 Å². The van der Waals surface area contributed by atoms with Crippen LogP contribution in [-0.2, 0) is 21.9 Å². The molecule has 2 aromatic rings. The van der Waals surface area contributed by atoms with Crippen molar-refractivity contribution in [1.82, 2.24) is 10.2 Å². The van der Waals surface area contributed by atoms with E-state index in [-0.39, 0.29) is 11.8 Å². The first-order chi connectivity index (χ1) is 14.8. The highest BCUT2D eigenvalue weighted by Crippen LogP contribution is 2.19. The summed E-state index contributed by atoms with van der Waals surface area (Å²) in [5.74, 6) is 1.08. The molecule has 0 saturated heterocycles. The lowest BCUT2D eigenvalue weighted by atomic mass is 10.1. The van der Waals surface area contributed by atoms with Crippen molar-refractivity contribution in [3.05, 3.63) is 70.3 Å². The van der Waals surface area contributed by atoms with Crippen LogP contribution in [0.3, 0.4) is 0 Å². The van der Waals surface area contributed by atoms with Gasteiger partial charge in [0.15, 0.2) is 0 Å². The van der Waals surface area contributed by atoms with Gasteiger partial charge in [0.25, 0.3) is 0 Å². The Morgan fingerprint density at radius 1 is 0.968 bits per heavy atom. The lowest BCUT2D eigenvalue weighted by molar-refractivity contribution is -0.139. The molecule has 0 saturated carbocycles. The monoisotopic (exact) mass is 440 g/mol. The molecule has 2 aromatic carbocycles. The fourth-order valence-electron chi connectivity index (χ4n) is 3.78. The van der Waals surface area contributed by atoms with Gasteiger partial charge in [0.2, 0.25) is 11.8 Å². The summed E-state index contributed by atoms with van der Waals surface area (Å²) >= 11 is 1.61. The Bertz CT molecular complexity index is 861. The zero-order valence-corrected chi connectivity index (χ0v) is 20.3. The zero-order chi connectivity index (χ0) is 22.8. The summed E-state index contributed by atoms with van der Waals surface area (Å²) in [6.45, 7) is 11.3. The van der Waals surface area contributed by atoms with Crippen molar-refractivity contribution in [2.24, 2.45) is 0 Å². The molecule has 0 aliphatic rings.